The first-order valence-corrected chi connectivity index (χ1v) is 18.2. The molecular formula is C51H52. The predicted octanol–water partition coefficient (Wildman–Crippen LogP) is 14.5. The van der Waals surface area contributed by atoms with Gasteiger partial charge < -0.3 is 0 Å². The summed E-state index contributed by atoms with van der Waals surface area (Å²) >= 11 is 0. The second-order valence-electron chi connectivity index (χ2n) is 13.5. The molecular weight excluding hydrogens is 613 g/mol. The van der Waals surface area contributed by atoms with Crippen LogP contribution in [-0.4, -0.2) is 0 Å². The van der Waals surface area contributed by atoms with Crippen molar-refractivity contribution in [3.63, 3.8) is 0 Å². The van der Waals surface area contributed by atoms with E-state index in [1.807, 2.05) is 0 Å². The molecule has 0 fully saturated rings. The maximum absolute atomic E-state index is 2.36. The zero-order valence-corrected chi connectivity index (χ0v) is 31.7. The fourth-order valence-electron chi connectivity index (χ4n) is 6.77. The van der Waals surface area contributed by atoms with E-state index in [0.717, 1.165) is 6.42 Å². The van der Waals surface area contributed by atoms with Gasteiger partial charge in [0.25, 0.3) is 0 Å². The summed E-state index contributed by atoms with van der Waals surface area (Å²) in [7, 11) is 0. The molecule has 5 rings (SSSR count). The first-order chi connectivity index (χ1) is 24.7. The zero-order chi connectivity index (χ0) is 36.3. The Balaban J connectivity index is 1.41. The largest absolute Gasteiger partial charge is 0.0871 e. The lowest BCUT2D eigenvalue weighted by atomic mass is 9.89. The van der Waals surface area contributed by atoms with Crippen LogP contribution in [0.2, 0.25) is 0 Å². The fraction of sp³-hybridized carbons (Fsp3) is 0.176. The molecule has 0 aliphatic heterocycles. The van der Waals surface area contributed by atoms with Crippen LogP contribution >= 0.6 is 0 Å². The number of benzene rings is 5. The molecule has 5 aromatic rings. The first-order valence-electron chi connectivity index (χ1n) is 18.2. The van der Waals surface area contributed by atoms with Gasteiger partial charge in [-0.1, -0.05) is 146 Å². The molecule has 0 unspecified atom stereocenters. The molecule has 0 aromatic heterocycles. The molecule has 0 heteroatoms. The van der Waals surface area contributed by atoms with E-state index >= 15 is 0 Å². The Morgan fingerprint density at radius 3 is 1.98 bits per heavy atom. The number of hydrogen-bond donors (Lipinski definition) is 0. The van der Waals surface area contributed by atoms with Gasteiger partial charge in [-0.15, -0.1) is 0 Å². The summed E-state index contributed by atoms with van der Waals surface area (Å²) in [5, 5.41) is 0. The molecule has 0 spiro atoms. The molecule has 0 saturated heterocycles. The van der Waals surface area contributed by atoms with Gasteiger partial charge in [0.15, 0.2) is 0 Å². The Kier molecular flexibility index (Phi) is 12.6. The molecule has 0 aliphatic carbocycles. The maximum Gasteiger partial charge on any atom is -0.00196 e. The highest BCUT2D eigenvalue weighted by Gasteiger charge is 2.12. The molecule has 0 aliphatic rings. The molecule has 0 saturated carbocycles. The van der Waals surface area contributed by atoms with E-state index in [-0.39, 0.29) is 0 Å². The summed E-state index contributed by atoms with van der Waals surface area (Å²) in [6, 6.07) is 40.1. The minimum Gasteiger partial charge on any atom is -0.0871 e. The molecule has 51 heavy (non-hydrogen) atoms. The van der Waals surface area contributed by atoms with E-state index in [4.69, 9.17) is 0 Å². The molecule has 0 amide bonds. The van der Waals surface area contributed by atoms with Crippen molar-refractivity contribution in [1.29, 1.82) is 0 Å². The van der Waals surface area contributed by atoms with Gasteiger partial charge in [-0.2, -0.15) is 0 Å². The summed E-state index contributed by atoms with van der Waals surface area (Å²) < 4.78 is 0. The quantitative estimate of drug-likeness (QED) is 0.123. The Labute approximate surface area is 307 Å². The van der Waals surface area contributed by atoms with Crippen molar-refractivity contribution < 1.29 is 0 Å². The van der Waals surface area contributed by atoms with Crippen molar-refractivity contribution >= 4 is 17.2 Å². The first kappa shape index (κ1) is 36.8. The highest BCUT2D eigenvalue weighted by atomic mass is 14.2. The summed E-state index contributed by atoms with van der Waals surface area (Å²) in [6.07, 6.45) is 18.4. The lowest BCUT2D eigenvalue weighted by molar-refractivity contribution is 1.19. The maximum atomic E-state index is 2.36. The van der Waals surface area contributed by atoms with Gasteiger partial charge in [-0.25, -0.2) is 0 Å². The van der Waals surface area contributed by atoms with Crippen LogP contribution in [0.25, 0.3) is 39.5 Å². The highest BCUT2D eigenvalue weighted by molar-refractivity contribution is 5.86. The van der Waals surface area contributed by atoms with Gasteiger partial charge in [0.2, 0.25) is 0 Å². The van der Waals surface area contributed by atoms with Crippen LogP contribution in [0.4, 0.5) is 0 Å². The van der Waals surface area contributed by atoms with Crippen LogP contribution in [-0.2, 0) is 6.42 Å². The van der Waals surface area contributed by atoms with Crippen molar-refractivity contribution in [3.8, 4) is 22.3 Å². The van der Waals surface area contributed by atoms with E-state index in [2.05, 4.69) is 213 Å². The normalized spacial score (nSPS) is 13.1. The Morgan fingerprint density at radius 1 is 0.588 bits per heavy atom. The summed E-state index contributed by atoms with van der Waals surface area (Å²) in [5.74, 6) is 0. The van der Waals surface area contributed by atoms with Crippen LogP contribution in [0.3, 0.4) is 0 Å². The van der Waals surface area contributed by atoms with Crippen molar-refractivity contribution in [1.82, 2.24) is 0 Å². The average Bonchev–Trinajstić information content (AvgIpc) is 3.14. The topological polar surface area (TPSA) is 0 Å². The van der Waals surface area contributed by atoms with E-state index in [0.29, 0.717) is 0 Å². The number of hydrogen-bond acceptors (Lipinski definition) is 0. The van der Waals surface area contributed by atoms with Crippen molar-refractivity contribution in [3.05, 3.63) is 207 Å². The second-order valence-corrected chi connectivity index (χ2v) is 13.5. The van der Waals surface area contributed by atoms with E-state index in [1.54, 1.807) is 0 Å². The van der Waals surface area contributed by atoms with Gasteiger partial charge in [0.05, 0.1) is 0 Å². The van der Waals surface area contributed by atoms with Crippen LogP contribution in [0.5, 0.6) is 0 Å². The Hall–Kier alpha value is -5.46. The second kappa shape index (κ2) is 17.5. The molecule has 0 nitrogen and oxygen atoms in total. The SMILES string of the molecule is C\C=C/C(=C\C)C(/C)=C\C=C/c1ccc(C)c(-c2cc(/C(C)=C/C(=C\C)c3ccc(-c4ccccc4Cc4ccccc4)c(C)c3)ccc2C)c1. The van der Waals surface area contributed by atoms with Crippen molar-refractivity contribution in [2.24, 2.45) is 0 Å². The lowest BCUT2D eigenvalue weighted by Crippen LogP contribution is -1.95. The monoisotopic (exact) mass is 664 g/mol. The standard InChI is InChI=1S/C51H52/c1-9-18-43(10-2)36(4)19-17-22-42-27-25-37(5)50(34-42)51-35-45(28-26-38(51)6)39(7)31-44(11-3)46-29-30-48(40(8)32-46)49-24-16-15-23-47(49)33-41-20-13-12-14-21-41/h9-32,34-35H,33H2,1-8H3/b18-9-,22-17-,36-19-,39-31+,43-10+,44-11+. The molecule has 0 bridgehead atoms. The third-order valence-electron chi connectivity index (χ3n) is 9.78. The van der Waals surface area contributed by atoms with Gasteiger partial charge in [0.1, 0.15) is 0 Å². The van der Waals surface area contributed by atoms with E-state index in [1.165, 1.54) is 89.1 Å². The third-order valence-corrected chi connectivity index (χ3v) is 9.78. The molecule has 5 aromatic carbocycles. The average molecular weight is 665 g/mol. The Morgan fingerprint density at radius 2 is 1.27 bits per heavy atom. The lowest BCUT2D eigenvalue weighted by Gasteiger charge is -2.15. The minimum absolute atomic E-state index is 0.922. The predicted molar refractivity (Wildman–Crippen MR) is 226 cm³/mol. The van der Waals surface area contributed by atoms with E-state index < -0.39 is 0 Å². The highest BCUT2D eigenvalue weighted by Crippen LogP contribution is 2.34. The zero-order valence-electron chi connectivity index (χ0n) is 31.7. The van der Waals surface area contributed by atoms with Crippen molar-refractivity contribution in [2.75, 3.05) is 0 Å². The van der Waals surface area contributed by atoms with Gasteiger partial charge in [-0.05, 0) is 163 Å². The molecule has 256 valence electrons. The summed E-state index contributed by atoms with van der Waals surface area (Å²) in [6.45, 7) is 17.3. The number of aryl methyl sites for hydroxylation is 3. The number of rotatable bonds is 11. The molecule has 0 radical (unpaired) electrons. The van der Waals surface area contributed by atoms with Gasteiger partial charge in [-0.3, -0.25) is 0 Å². The summed E-state index contributed by atoms with van der Waals surface area (Å²) in [4.78, 5) is 0. The Bertz CT molecular complexity index is 2170. The van der Waals surface area contributed by atoms with Crippen LogP contribution in [0.1, 0.15) is 79.1 Å². The van der Waals surface area contributed by atoms with Crippen LogP contribution in [0, 0.1) is 20.8 Å². The third kappa shape index (κ3) is 9.21. The van der Waals surface area contributed by atoms with E-state index in [9.17, 15) is 0 Å². The van der Waals surface area contributed by atoms with Crippen LogP contribution < -0.4 is 0 Å². The molecule has 0 heterocycles. The molecule has 0 atom stereocenters. The fourth-order valence-corrected chi connectivity index (χ4v) is 6.77. The van der Waals surface area contributed by atoms with Gasteiger partial charge in [0, 0.05) is 0 Å². The smallest absolute Gasteiger partial charge is 0.00196 e. The minimum atomic E-state index is 0.922. The number of allylic oxidation sites excluding steroid dienone is 11. The van der Waals surface area contributed by atoms with Gasteiger partial charge >= 0.3 is 0 Å². The summed E-state index contributed by atoms with van der Waals surface area (Å²) in [5.41, 5.74) is 20.3. The van der Waals surface area contributed by atoms with Crippen molar-refractivity contribution in [2.45, 2.75) is 61.8 Å². The van der Waals surface area contributed by atoms with Crippen LogP contribution in [0.15, 0.2) is 163 Å². The molecule has 0 N–H and O–H groups in total.